The molecule has 2 unspecified atom stereocenters. The number of amides is 1. The first-order valence-corrected chi connectivity index (χ1v) is 12.3. The molecule has 0 bridgehead atoms. The number of hydrogen-bond donors (Lipinski definition) is 0. The van der Waals surface area contributed by atoms with E-state index in [9.17, 15) is 4.79 Å². The molecular formula is C25H25N5O2S. The first-order valence-electron chi connectivity index (χ1n) is 11.4. The fourth-order valence-electron chi connectivity index (χ4n) is 4.91. The van der Waals surface area contributed by atoms with Crippen LogP contribution in [0.15, 0.2) is 60.0 Å². The number of ether oxygens (including phenoxy) is 1. The molecule has 2 fully saturated rings. The van der Waals surface area contributed by atoms with Gasteiger partial charge in [-0.05, 0) is 31.0 Å². The molecule has 7 nitrogen and oxygen atoms in total. The number of aromatic nitrogens is 3. The highest BCUT2D eigenvalue weighted by molar-refractivity contribution is 8.01. The molecule has 1 amide bonds. The normalized spacial score (nSPS) is 23.1. The number of anilines is 1. The second kappa shape index (κ2) is 8.02. The zero-order chi connectivity index (χ0) is 22.4. The van der Waals surface area contributed by atoms with Crippen molar-refractivity contribution in [3.8, 4) is 11.6 Å². The predicted molar refractivity (Wildman–Crippen MR) is 127 cm³/mol. The molecule has 168 valence electrons. The maximum Gasteiger partial charge on any atom is 0.255 e. The fourth-order valence-corrected chi connectivity index (χ4v) is 6.39. The molecule has 1 saturated heterocycles. The lowest BCUT2D eigenvalue weighted by atomic mass is 10.1. The van der Waals surface area contributed by atoms with Crippen LogP contribution in [0.4, 0.5) is 5.82 Å². The van der Waals surface area contributed by atoms with E-state index in [1.807, 2.05) is 47.0 Å². The van der Waals surface area contributed by atoms with E-state index in [-0.39, 0.29) is 5.91 Å². The molecule has 0 N–H and O–H groups in total. The number of carbonyl (C=O) groups excluding carboxylic acids is 1. The van der Waals surface area contributed by atoms with Gasteiger partial charge in [-0.2, -0.15) is 0 Å². The van der Waals surface area contributed by atoms with Crippen molar-refractivity contribution in [3.63, 3.8) is 0 Å². The number of thioether (sulfide) groups is 1. The summed E-state index contributed by atoms with van der Waals surface area (Å²) in [6.07, 6.45) is 5.69. The Morgan fingerprint density at radius 1 is 1.09 bits per heavy atom. The molecular weight excluding hydrogens is 434 g/mol. The van der Waals surface area contributed by atoms with Crippen LogP contribution >= 0.6 is 11.8 Å². The third-order valence-electron chi connectivity index (χ3n) is 6.91. The van der Waals surface area contributed by atoms with E-state index >= 15 is 0 Å². The standard InChI is InChI=1S/C25H25N5O2S/c1-2-25-14-19(25)21-22(27-16-28-23(21)33-25)29-10-12-30(13-11-29)24(31)17-8-9-20(26-15-17)32-18-6-4-3-5-7-18/h3-9,15-16,19H,2,10-14H2,1H3. The van der Waals surface area contributed by atoms with Gasteiger partial charge in [0.05, 0.1) is 5.56 Å². The molecule has 0 spiro atoms. The van der Waals surface area contributed by atoms with Gasteiger partial charge in [-0.15, -0.1) is 0 Å². The molecule has 3 aliphatic rings. The van der Waals surface area contributed by atoms with Crippen molar-refractivity contribution in [1.82, 2.24) is 19.9 Å². The Kier molecular flexibility index (Phi) is 4.98. The van der Waals surface area contributed by atoms with Crippen LogP contribution in [0.5, 0.6) is 11.6 Å². The zero-order valence-corrected chi connectivity index (χ0v) is 19.3. The van der Waals surface area contributed by atoms with E-state index in [0.717, 1.165) is 29.7 Å². The summed E-state index contributed by atoms with van der Waals surface area (Å²) in [5.74, 6) is 2.85. The molecule has 33 heavy (non-hydrogen) atoms. The van der Waals surface area contributed by atoms with Crippen molar-refractivity contribution in [3.05, 3.63) is 66.1 Å². The smallest absolute Gasteiger partial charge is 0.255 e. The van der Waals surface area contributed by atoms with Crippen LogP contribution in [-0.2, 0) is 0 Å². The lowest BCUT2D eigenvalue weighted by Crippen LogP contribution is -2.49. The van der Waals surface area contributed by atoms with Crippen molar-refractivity contribution in [1.29, 1.82) is 0 Å². The maximum atomic E-state index is 13.0. The Morgan fingerprint density at radius 2 is 1.91 bits per heavy atom. The van der Waals surface area contributed by atoms with Gasteiger partial charge in [0.15, 0.2) is 0 Å². The van der Waals surface area contributed by atoms with Crippen LogP contribution in [0, 0.1) is 0 Å². The molecule has 2 atom stereocenters. The summed E-state index contributed by atoms with van der Waals surface area (Å²) in [6, 6.07) is 13.0. The van der Waals surface area contributed by atoms with Gasteiger partial charge in [-0.25, -0.2) is 15.0 Å². The number of benzene rings is 1. The second-order valence-corrected chi connectivity index (χ2v) is 10.2. The lowest BCUT2D eigenvalue weighted by molar-refractivity contribution is 0.0746. The van der Waals surface area contributed by atoms with Crippen molar-refractivity contribution in [2.45, 2.75) is 35.5 Å². The number of rotatable bonds is 5. The third-order valence-corrected chi connectivity index (χ3v) is 8.58. The summed E-state index contributed by atoms with van der Waals surface area (Å²) in [5.41, 5.74) is 1.91. The molecule has 0 radical (unpaired) electrons. The first-order chi connectivity index (χ1) is 16.2. The molecule has 4 heterocycles. The van der Waals surface area contributed by atoms with E-state index in [1.165, 1.54) is 18.4 Å². The predicted octanol–water partition coefficient (Wildman–Crippen LogP) is 4.37. The minimum absolute atomic E-state index is 0.00377. The van der Waals surface area contributed by atoms with Gasteiger partial charge in [0.2, 0.25) is 5.88 Å². The van der Waals surface area contributed by atoms with Gasteiger partial charge in [-0.1, -0.05) is 36.9 Å². The van der Waals surface area contributed by atoms with Crippen LogP contribution in [0.2, 0.25) is 0 Å². The quantitative estimate of drug-likeness (QED) is 0.525. The molecule has 1 aliphatic carbocycles. The monoisotopic (exact) mass is 459 g/mol. The Bertz CT molecular complexity index is 1180. The van der Waals surface area contributed by atoms with E-state index in [4.69, 9.17) is 4.74 Å². The summed E-state index contributed by atoms with van der Waals surface area (Å²) >= 11 is 1.94. The zero-order valence-electron chi connectivity index (χ0n) is 18.5. The molecule has 1 aromatic carbocycles. The van der Waals surface area contributed by atoms with Gasteiger partial charge >= 0.3 is 0 Å². The molecule has 3 aromatic rings. The number of pyridine rings is 1. The second-order valence-electron chi connectivity index (χ2n) is 8.77. The van der Waals surface area contributed by atoms with E-state index < -0.39 is 0 Å². The average Bonchev–Trinajstić information content (AvgIpc) is 3.49. The Labute approximate surface area is 197 Å². The number of carbonyl (C=O) groups is 1. The SMILES string of the molecule is CCC12CC1c1c(ncnc1N1CCN(C(=O)c3ccc(Oc4ccccc4)nc3)CC1)S2. The fraction of sp³-hybridized carbons (Fsp3) is 0.360. The summed E-state index contributed by atoms with van der Waals surface area (Å²) in [5, 5.41) is 1.15. The molecule has 1 saturated carbocycles. The molecule has 2 aliphatic heterocycles. The molecule has 2 aromatic heterocycles. The highest BCUT2D eigenvalue weighted by atomic mass is 32.2. The minimum Gasteiger partial charge on any atom is -0.439 e. The lowest BCUT2D eigenvalue weighted by Gasteiger charge is -2.36. The molecule has 8 heteroatoms. The summed E-state index contributed by atoms with van der Waals surface area (Å²) in [7, 11) is 0. The third kappa shape index (κ3) is 3.62. The first kappa shape index (κ1) is 20.5. The number of fused-ring (bicyclic) bond motifs is 3. The Morgan fingerprint density at radius 3 is 2.64 bits per heavy atom. The molecule has 6 rings (SSSR count). The number of piperazine rings is 1. The minimum atomic E-state index is 0.00377. The van der Waals surface area contributed by atoms with Crippen molar-refractivity contribution >= 4 is 23.5 Å². The van der Waals surface area contributed by atoms with E-state index in [0.29, 0.717) is 35.2 Å². The van der Waals surface area contributed by atoms with E-state index in [2.05, 4.69) is 26.8 Å². The number of nitrogens with zero attached hydrogens (tertiary/aromatic N) is 5. The van der Waals surface area contributed by atoms with Crippen LogP contribution in [0.1, 0.15) is 41.6 Å². The van der Waals surface area contributed by atoms with Crippen LogP contribution in [-0.4, -0.2) is 56.7 Å². The van der Waals surface area contributed by atoms with Crippen LogP contribution in [0.25, 0.3) is 0 Å². The van der Waals surface area contributed by atoms with Gasteiger partial charge in [0, 0.05) is 54.7 Å². The largest absolute Gasteiger partial charge is 0.439 e. The van der Waals surface area contributed by atoms with Crippen molar-refractivity contribution in [2.24, 2.45) is 0 Å². The van der Waals surface area contributed by atoms with Crippen molar-refractivity contribution < 1.29 is 9.53 Å². The summed E-state index contributed by atoms with van der Waals surface area (Å²) < 4.78 is 6.08. The average molecular weight is 460 g/mol. The topological polar surface area (TPSA) is 71.5 Å². The van der Waals surface area contributed by atoms with Gasteiger partial charge in [-0.3, -0.25) is 4.79 Å². The highest BCUT2D eigenvalue weighted by Gasteiger charge is 2.61. The van der Waals surface area contributed by atoms with Crippen LogP contribution in [0.3, 0.4) is 0 Å². The van der Waals surface area contributed by atoms with Crippen LogP contribution < -0.4 is 9.64 Å². The van der Waals surface area contributed by atoms with E-state index in [1.54, 1.807) is 24.7 Å². The Balaban J connectivity index is 1.10. The van der Waals surface area contributed by atoms with Gasteiger partial charge in [0.1, 0.15) is 22.9 Å². The van der Waals surface area contributed by atoms with Gasteiger partial charge in [0.25, 0.3) is 5.91 Å². The number of hydrogen-bond acceptors (Lipinski definition) is 7. The summed E-state index contributed by atoms with van der Waals surface area (Å²) in [4.78, 5) is 30.8. The number of para-hydroxylation sites is 1. The van der Waals surface area contributed by atoms with Gasteiger partial charge < -0.3 is 14.5 Å². The Hall–Kier alpha value is -3.13. The highest BCUT2D eigenvalue weighted by Crippen LogP contribution is 2.71. The summed E-state index contributed by atoms with van der Waals surface area (Å²) in [6.45, 7) is 5.14. The maximum absolute atomic E-state index is 13.0. The van der Waals surface area contributed by atoms with Crippen molar-refractivity contribution in [2.75, 3.05) is 31.1 Å².